The van der Waals surface area contributed by atoms with E-state index < -0.39 is 5.41 Å². The Balaban J connectivity index is 1.63. The van der Waals surface area contributed by atoms with Crippen LogP contribution in [0.3, 0.4) is 0 Å². The Morgan fingerprint density at radius 2 is 1.96 bits per heavy atom. The van der Waals surface area contributed by atoms with Gasteiger partial charge in [0.15, 0.2) is 0 Å². The highest BCUT2D eigenvalue weighted by Gasteiger charge is 2.33. The van der Waals surface area contributed by atoms with Crippen LogP contribution in [0.15, 0.2) is 34.9 Å². The summed E-state index contributed by atoms with van der Waals surface area (Å²) in [5.41, 5.74) is 2.45. The number of aromatic nitrogens is 1. The molecule has 1 aliphatic rings. The van der Waals surface area contributed by atoms with E-state index in [1.165, 1.54) is 5.56 Å². The summed E-state index contributed by atoms with van der Waals surface area (Å²) >= 11 is 0. The second kappa shape index (κ2) is 8.17. The number of likely N-dealkylation sites (tertiary alicyclic amines) is 1. The zero-order valence-electron chi connectivity index (χ0n) is 17.1. The van der Waals surface area contributed by atoms with Gasteiger partial charge in [-0.05, 0) is 24.8 Å². The smallest absolute Gasteiger partial charge is 0.231 e. The molecular formula is C22H29N3O3. The fourth-order valence-electron chi connectivity index (χ4n) is 3.45. The maximum Gasteiger partial charge on any atom is 0.231 e. The second-order valence-corrected chi connectivity index (χ2v) is 8.46. The van der Waals surface area contributed by atoms with E-state index in [1.807, 2.05) is 32.9 Å². The highest BCUT2D eigenvalue weighted by Crippen LogP contribution is 2.26. The van der Waals surface area contributed by atoms with Gasteiger partial charge in [0.25, 0.3) is 0 Å². The zero-order valence-corrected chi connectivity index (χ0v) is 17.1. The summed E-state index contributed by atoms with van der Waals surface area (Å²) in [6.45, 7) is 8.98. The third kappa shape index (κ3) is 4.61. The van der Waals surface area contributed by atoms with Crippen molar-refractivity contribution in [2.24, 2.45) is 11.3 Å². The van der Waals surface area contributed by atoms with Crippen molar-refractivity contribution in [3.63, 3.8) is 0 Å². The van der Waals surface area contributed by atoms with E-state index in [1.54, 1.807) is 11.0 Å². The third-order valence-corrected chi connectivity index (χ3v) is 5.14. The van der Waals surface area contributed by atoms with Gasteiger partial charge in [0.05, 0.1) is 5.92 Å². The molecule has 0 aliphatic carbocycles. The van der Waals surface area contributed by atoms with Gasteiger partial charge in [-0.3, -0.25) is 14.9 Å². The summed E-state index contributed by atoms with van der Waals surface area (Å²) in [4.78, 5) is 27.0. The summed E-state index contributed by atoms with van der Waals surface area (Å²) in [6, 6.07) is 9.86. The third-order valence-electron chi connectivity index (χ3n) is 5.14. The highest BCUT2D eigenvalue weighted by molar-refractivity contribution is 5.92. The maximum atomic E-state index is 12.7. The van der Waals surface area contributed by atoms with E-state index in [-0.39, 0.29) is 17.7 Å². The van der Waals surface area contributed by atoms with Crippen LogP contribution in [0.25, 0.3) is 11.3 Å². The molecule has 1 aromatic heterocycles. The topological polar surface area (TPSA) is 75.4 Å². The minimum Gasteiger partial charge on any atom is -0.341 e. The van der Waals surface area contributed by atoms with Gasteiger partial charge in [-0.1, -0.05) is 57.1 Å². The summed E-state index contributed by atoms with van der Waals surface area (Å²) in [5, 5.41) is 6.88. The Hall–Kier alpha value is -2.63. The molecule has 0 bridgehead atoms. The lowest BCUT2D eigenvalue weighted by Gasteiger charge is -2.35. The molecule has 1 unspecified atom stereocenters. The fraction of sp³-hybridized carbons (Fsp3) is 0.500. The minimum absolute atomic E-state index is 0.0856. The van der Waals surface area contributed by atoms with Crippen LogP contribution in [-0.2, 0) is 16.0 Å². The molecule has 0 spiro atoms. The van der Waals surface area contributed by atoms with Gasteiger partial charge in [0, 0.05) is 30.1 Å². The van der Waals surface area contributed by atoms with Crippen molar-refractivity contribution < 1.29 is 14.1 Å². The molecule has 2 aromatic rings. The Bertz CT molecular complexity index is 833. The average Bonchev–Trinajstić information content (AvgIpc) is 3.15. The number of rotatable bonds is 4. The zero-order chi connectivity index (χ0) is 20.3. The van der Waals surface area contributed by atoms with Crippen molar-refractivity contribution in [2.75, 3.05) is 18.4 Å². The molecule has 6 heteroatoms. The fourth-order valence-corrected chi connectivity index (χ4v) is 3.45. The first kappa shape index (κ1) is 20.1. The molecule has 28 heavy (non-hydrogen) atoms. The SMILES string of the molecule is CCc1ccc(-c2cc(NC(=O)C3CCCN(C(=O)C(C)(C)C)C3)on2)cc1. The molecule has 2 amide bonds. The van der Waals surface area contributed by atoms with Crippen molar-refractivity contribution >= 4 is 17.7 Å². The highest BCUT2D eigenvalue weighted by atomic mass is 16.5. The Morgan fingerprint density at radius 1 is 1.25 bits per heavy atom. The molecule has 1 aromatic carbocycles. The van der Waals surface area contributed by atoms with Crippen LogP contribution in [0.2, 0.25) is 0 Å². The quantitative estimate of drug-likeness (QED) is 0.861. The predicted octanol–water partition coefficient (Wildman–Crippen LogP) is 4.13. The molecule has 150 valence electrons. The minimum atomic E-state index is -0.439. The van der Waals surface area contributed by atoms with E-state index in [4.69, 9.17) is 4.52 Å². The van der Waals surface area contributed by atoms with Gasteiger partial charge >= 0.3 is 0 Å². The number of benzene rings is 1. The number of carbonyl (C=O) groups is 2. The van der Waals surface area contributed by atoms with Crippen LogP contribution in [0, 0.1) is 11.3 Å². The van der Waals surface area contributed by atoms with E-state index in [0.29, 0.717) is 24.7 Å². The van der Waals surface area contributed by atoms with Crippen molar-refractivity contribution in [1.82, 2.24) is 10.1 Å². The number of hydrogen-bond acceptors (Lipinski definition) is 4. The summed E-state index contributed by atoms with van der Waals surface area (Å²) in [6.07, 6.45) is 2.57. The van der Waals surface area contributed by atoms with Crippen molar-refractivity contribution in [2.45, 2.75) is 47.0 Å². The van der Waals surface area contributed by atoms with Crippen molar-refractivity contribution in [3.8, 4) is 11.3 Å². The van der Waals surface area contributed by atoms with Gasteiger partial charge < -0.3 is 9.42 Å². The van der Waals surface area contributed by atoms with Crippen molar-refractivity contribution in [3.05, 3.63) is 35.9 Å². The molecule has 2 heterocycles. The normalized spacial score (nSPS) is 17.4. The van der Waals surface area contributed by atoms with Crippen LogP contribution in [-0.4, -0.2) is 35.0 Å². The molecule has 1 atom stereocenters. The first-order chi connectivity index (χ1) is 13.3. The molecule has 1 fully saturated rings. The number of nitrogens with zero attached hydrogens (tertiary/aromatic N) is 2. The number of carbonyl (C=O) groups excluding carboxylic acids is 2. The average molecular weight is 383 g/mol. The van der Waals surface area contributed by atoms with Crippen LogP contribution in [0.4, 0.5) is 5.88 Å². The van der Waals surface area contributed by atoms with E-state index in [2.05, 4.69) is 29.5 Å². The lowest BCUT2D eigenvalue weighted by molar-refractivity contribution is -0.142. The molecule has 1 aliphatic heterocycles. The Kier molecular flexibility index (Phi) is 5.87. The van der Waals surface area contributed by atoms with Crippen molar-refractivity contribution in [1.29, 1.82) is 0 Å². The van der Waals surface area contributed by atoms with Gasteiger partial charge in [0.1, 0.15) is 5.69 Å². The van der Waals surface area contributed by atoms with Crippen LogP contribution in [0.5, 0.6) is 0 Å². The second-order valence-electron chi connectivity index (χ2n) is 8.46. The molecular weight excluding hydrogens is 354 g/mol. The number of aryl methyl sites for hydroxylation is 1. The number of hydrogen-bond donors (Lipinski definition) is 1. The van der Waals surface area contributed by atoms with Gasteiger partial charge in [-0.25, -0.2) is 0 Å². The Morgan fingerprint density at radius 3 is 2.61 bits per heavy atom. The summed E-state index contributed by atoms with van der Waals surface area (Å²) < 4.78 is 5.30. The first-order valence-electron chi connectivity index (χ1n) is 9.94. The lowest BCUT2D eigenvalue weighted by atomic mass is 9.91. The number of amides is 2. The van der Waals surface area contributed by atoms with Crippen LogP contribution in [0.1, 0.15) is 46.1 Å². The molecule has 6 nitrogen and oxygen atoms in total. The maximum absolute atomic E-state index is 12.7. The largest absolute Gasteiger partial charge is 0.341 e. The van der Waals surface area contributed by atoms with Gasteiger partial charge in [-0.2, -0.15) is 0 Å². The number of anilines is 1. The first-order valence-corrected chi connectivity index (χ1v) is 9.94. The summed E-state index contributed by atoms with van der Waals surface area (Å²) in [5.74, 6) is 0.0502. The van der Waals surface area contributed by atoms with E-state index in [0.717, 1.165) is 24.8 Å². The van der Waals surface area contributed by atoms with Gasteiger partial charge in [-0.15, -0.1) is 0 Å². The Labute approximate surface area is 166 Å². The number of piperidine rings is 1. The molecule has 1 N–H and O–H groups in total. The van der Waals surface area contributed by atoms with Crippen LogP contribution >= 0.6 is 0 Å². The van der Waals surface area contributed by atoms with E-state index in [9.17, 15) is 9.59 Å². The predicted molar refractivity (Wildman–Crippen MR) is 109 cm³/mol. The molecule has 3 rings (SSSR count). The standard InChI is InChI=1S/C22H29N3O3/c1-5-15-8-10-16(11-9-15)18-13-19(28-24-18)23-20(26)17-7-6-12-25(14-17)21(27)22(2,3)4/h8-11,13,17H,5-7,12,14H2,1-4H3,(H,23,26). The lowest BCUT2D eigenvalue weighted by Crippen LogP contribution is -2.47. The van der Waals surface area contributed by atoms with Crippen LogP contribution < -0.4 is 5.32 Å². The monoisotopic (exact) mass is 383 g/mol. The molecule has 1 saturated heterocycles. The molecule has 0 saturated carbocycles. The van der Waals surface area contributed by atoms with Gasteiger partial charge in [0.2, 0.25) is 17.7 Å². The number of nitrogens with one attached hydrogen (secondary N) is 1. The summed E-state index contributed by atoms with van der Waals surface area (Å²) in [7, 11) is 0. The molecule has 0 radical (unpaired) electrons. The van der Waals surface area contributed by atoms with E-state index >= 15 is 0 Å².